The van der Waals surface area contributed by atoms with E-state index in [2.05, 4.69) is 44.2 Å². The number of quaternary nitrogens is 1. The Hall–Kier alpha value is -2.71. The molecule has 1 N–H and O–H groups in total. The van der Waals surface area contributed by atoms with Gasteiger partial charge >= 0.3 is 17.9 Å². The Labute approximate surface area is 255 Å². The van der Waals surface area contributed by atoms with Crippen LogP contribution in [0.5, 0.6) is 0 Å². The molecule has 0 radical (unpaired) electrons. The van der Waals surface area contributed by atoms with E-state index in [0.717, 1.165) is 32.1 Å². The van der Waals surface area contributed by atoms with Gasteiger partial charge in [-0.15, -0.1) is 0 Å². The molecular formula is C34H58NO7+. The van der Waals surface area contributed by atoms with Crippen molar-refractivity contribution < 1.29 is 38.2 Å². The molecule has 8 heteroatoms. The van der Waals surface area contributed by atoms with E-state index in [4.69, 9.17) is 14.2 Å². The normalized spacial score (nSPS) is 13.8. The first-order valence-corrected chi connectivity index (χ1v) is 15.7. The van der Waals surface area contributed by atoms with Gasteiger partial charge in [-0.3, -0.25) is 9.59 Å². The van der Waals surface area contributed by atoms with E-state index in [9.17, 15) is 19.5 Å². The van der Waals surface area contributed by atoms with Crippen LogP contribution in [0, 0.1) is 0 Å². The van der Waals surface area contributed by atoms with Crippen LogP contribution in [0.3, 0.4) is 0 Å². The summed E-state index contributed by atoms with van der Waals surface area (Å²) in [5, 5.41) is 9.51. The van der Waals surface area contributed by atoms with Crippen molar-refractivity contribution in [1.82, 2.24) is 0 Å². The fraction of sp³-hybridized carbons (Fsp3) is 0.676. The largest absolute Gasteiger partial charge is 0.477 e. The molecule has 0 aromatic rings. The molecule has 0 bridgehead atoms. The maximum Gasteiger partial charge on any atom is 0.362 e. The second-order valence-corrected chi connectivity index (χ2v) is 11.3. The monoisotopic (exact) mass is 592 g/mol. The van der Waals surface area contributed by atoms with Crippen molar-refractivity contribution in [3.05, 3.63) is 48.6 Å². The Morgan fingerprint density at radius 1 is 0.762 bits per heavy atom. The Balaban J connectivity index is 4.69. The van der Waals surface area contributed by atoms with Crippen LogP contribution in [0.4, 0.5) is 0 Å². The molecule has 0 aromatic heterocycles. The van der Waals surface area contributed by atoms with Crippen LogP contribution in [0.15, 0.2) is 48.6 Å². The average molecular weight is 593 g/mol. The number of hydrogen-bond donors (Lipinski definition) is 1. The molecule has 0 fully saturated rings. The highest BCUT2D eigenvalue weighted by atomic mass is 16.6. The number of nitrogens with zero attached hydrogens (tertiary/aromatic N) is 1. The van der Waals surface area contributed by atoms with Gasteiger partial charge in [-0.2, -0.15) is 0 Å². The van der Waals surface area contributed by atoms with Crippen LogP contribution in [0.1, 0.15) is 97.3 Å². The van der Waals surface area contributed by atoms with Crippen LogP contribution in [-0.2, 0) is 28.6 Å². The third kappa shape index (κ3) is 23.9. The molecule has 2 unspecified atom stereocenters. The number of hydrogen-bond acceptors (Lipinski definition) is 6. The number of rotatable bonds is 26. The Morgan fingerprint density at radius 3 is 2.02 bits per heavy atom. The first-order valence-electron chi connectivity index (χ1n) is 15.7. The molecule has 0 saturated carbocycles. The fourth-order valence-electron chi connectivity index (χ4n) is 4.03. The number of carbonyl (C=O) groups is 3. The van der Waals surface area contributed by atoms with Crippen molar-refractivity contribution in [2.45, 2.75) is 109 Å². The third-order valence-electron chi connectivity index (χ3n) is 6.50. The van der Waals surface area contributed by atoms with Crippen molar-refractivity contribution in [3.63, 3.8) is 0 Å². The number of likely N-dealkylation sites (N-methyl/N-ethyl adjacent to an activating group) is 1. The lowest BCUT2D eigenvalue weighted by Gasteiger charge is -2.31. The first-order chi connectivity index (χ1) is 20.1. The van der Waals surface area contributed by atoms with E-state index in [1.165, 1.54) is 25.7 Å². The minimum atomic E-state index is -0.894. The van der Waals surface area contributed by atoms with Gasteiger partial charge in [0.25, 0.3) is 0 Å². The minimum Gasteiger partial charge on any atom is -0.477 e. The molecule has 2 atom stereocenters. The quantitative estimate of drug-likeness (QED) is 0.0502. The highest BCUT2D eigenvalue weighted by Crippen LogP contribution is 2.10. The predicted octanol–water partition coefficient (Wildman–Crippen LogP) is 6.95. The first kappa shape index (κ1) is 39.3. The summed E-state index contributed by atoms with van der Waals surface area (Å²) in [6.07, 6.45) is 26.4. The minimum absolute atomic E-state index is 0.0211. The molecule has 0 saturated heterocycles. The van der Waals surface area contributed by atoms with Crippen LogP contribution >= 0.6 is 0 Å². The van der Waals surface area contributed by atoms with Crippen molar-refractivity contribution in [3.8, 4) is 0 Å². The molecule has 0 aliphatic heterocycles. The Bertz CT molecular complexity index is 839. The molecule has 0 aliphatic rings. The highest BCUT2D eigenvalue weighted by Gasteiger charge is 2.31. The summed E-state index contributed by atoms with van der Waals surface area (Å²) < 4.78 is 16.9. The maximum atomic E-state index is 12.5. The van der Waals surface area contributed by atoms with Crippen LogP contribution in [-0.4, -0.2) is 80.6 Å². The molecule has 42 heavy (non-hydrogen) atoms. The van der Waals surface area contributed by atoms with E-state index in [-0.39, 0.29) is 43.1 Å². The lowest BCUT2D eigenvalue weighted by molar-refractivity contribution is -0.887. The number of unbranched alkanes of at least 4 members (excludes halogenated alkanes) is 5. The van der Waals surface area contributed by atoms with Crippen molar-refractivity contribution >= 4 is 17.9 Å². The summed E-state index contributed by atoms with van der Waals surface area (Å²) in [6, 6.07) is -0.627. The number of ether oxygens (including phenoxy) is 3. The van der Waals surface area contributed by atoms with Crippen LogP contribution < -0.4 is 0 Å². The Morgan fingerprint density at radius 2 is 1.40 bits per heavy atom. The molecule has 0 aliphatic carbocycles. The molecular weight excluding hydrogens is 534 g/mol. The second kappa shape index (κ2) is 26.0. The van der Waals surface area contributed by atoms with Crippen molar-refractivity contribution in [2.24, 2.45) is 0 Å². The SMILES string of the molecule is CC/C=C/C/C=C/C/C=C/CC(=O)OCC(COCCC(C(=O)O)[N+](C)(C)C)OC(=O)CCC/C=C/CCCCCC. The van der Waals surface area contributed by atoms with Gasteiger partial charge < -0.3 is 23.8 Å². The summed E-state index contributed by atoms with van der Waals surface area (Å²) >= 11 is 0. The lowest BCUT2D eigenvalue weighted by atomic mass is 10.1. The van der Waals surface area contributed by atoms with Gasteiger partial charge in [0.15, 0.2) is 12.1 Å². The second-order valence-electron chi connectivity index (χ2n) is 11.3. The van der Waals surface area contributed by atoms with Crippen molar-refractivity contribution in [1.29, 1.82) is 0 Å². The standard InChI is InChI=1S/C34H57NO7/c1-6-8-10-12-14-16-18-20-22-24-32(36)41-29-30(28-40-27-26-31(34(38)39)35(3,4)5)42-33(37)25-23-21-19-17-15-13-11-9-7-2/h8,10,14,16-17,19-20,22,30-31H,6-7,9,11-13,15,18,21,23-29H2,1-5H3/p+1/b10-8+,16-14+,19-17+,22-20+. The van der Waals surface area contributed by atoms with Gasteiger partial charge in [-0.1, -0.05) is 81.7 Å². The smallest absolute Gasteiger partial charge is 0.362 e. The predicted molar refractivity (Wildman–Crippen MR) is 169 cm³/mol. The fourth-order valence-corrected chi connectivity index (χ4v) is 4.03. The number of allylic oxidation sites excluding steroid dienone is 7. The van der Waals surface area contributed by atoms with E-state index < -0.39 is 24.1 Å². The summed E-state index contributed by atoms with van der Waals surface area (Å²) in [5.41, 5.74) is 0. The van der Waals surface area contributed by atoms with E-state index in [1.54, 1.807) is 6.08 Å². The number of esters is 2. The number of carboxylic acid groups (broad SMARTS) is 1. The topological polar surface area (TPSA) is 99.1 Å². The van der Waals surface area contributed by atoms with Gasteiger partial charge in [0.2, 0.25) is 0 Å². The molecule has 8 nitrogen and oxygen atoms in total. The molecule has 0 aromatic carbocycles. The highest BCUT2D eigenvalue weighted by molar-refractivity contribution is 5.72. The molecule has 240 valence electrons. The van der Waals surface area contributed by atoms with Gasteiger partial charge in [0, 0.05) is 12.8 Å². The lowest BCUT2D eigenvalue weighted by Crippen LogP contribution is -2.50. The zero-order chi connectivity index (χ0) is 31.5. The van der Waals surface area contributed by atoms with Crippen LogP contribution in [0.2, 0.25) is 0 Å². The molecule has 0 heterocycles. The summed E-state index contributed by atoms with van der Waals surface area (Å²) in [5.74, 6) is -1.68. The van der Waals surface area contributed by atoms with Gasteiger partial charge in [-0.05, 0) is 44.9 Å². The summed E-state index contributed by atoms with van der Waals surface area (Å²) in [4.78, 5) is 36.3. The van der Waals surface area contributed by atoms with Gasteiger partial charge in [0.1, 0.15) is 6.61 Å². The zero-order valence-electron chi connectivity index (χ0n) is 26.9. The van der Waals surface area contributed by atoms with Crippen LogP contribution in [0.25, 0.3) is 0 Å². The molecule has 0 rings (SSSR count). The van der Waals surface area contributed by atoms with E-state index >= 15 is 0 Å². The number of aliphatic carboxylic acids is 1. The Kier molecular flexibility index (Phi) is 24.3. The van der Waals surface area contributed by atoms with Gasteiger partial charge in [-0.25, -0.2) is 4.79 Å². The number of carbonyl (C=O) groups excluding carboxylic acids is 2. The third-order valence-corrected chi connectivity index (χ3v) is 6.50. The molecule has 0 amide bonds. The number of carboxylic acids is 1. The summed E-state index contributed by atoms with van der Waals surface area (Å²) in [6.45, 7) is 4.39. The van der Waals surface area contributed by atoms with E-state index in [0.29, 0.717) is 12.8 Å². The molecule has 0 spiro atoms. The van der Waals surface area contributed by atoms with Gasteiger partial charge in [0.05, 0.1) is 40.8 Å². The zero-order valence-corrected chi connectivity index (χ0v) is 26.9. The van der Waals surface area contributed by atoms with E-state index in [1.807, 2.05) is 33.3 Å². The average Bonchev–Trinajstić information content (AvgIpc) is 2.92. The summed E-state index contributed by atoms with van der Waals surface area (Å²) in [7, 11) is 5.46. The van der Waals surface area contributed by atoms with Crippen molar-refractivity contribution in [2.75, 3.05) is 41.0 Å². The maximum absolute atomic E-state index is 12.5.